The molecule has 0 spiro atoms. The molecule has 0 fully saturated rings. The van der Waals surface area contributed by atoms with Crippen LogP contribution in [0.3, 0.4) is 0 Å². The van der Waals surface area contributed by atoms with Crippen LogP contribution >= 0.6 is 0 Å². The second-order valence-corrected chi connectivity index (χ2v) is 6.91. The molecule has 0 aliphatic carbocycles. The van der Waals surface area contributed by atoms with Gasteiger partial charge in [0.05, 0.1) is 24.3 Å². The molecule has 1 atom stereocenters. The normalized spacial score (nSPS) is 12.3. The van der Waals surface area contributed by atoms with Crippen LogP contribution in [-0.4, -0.2) is 14.7 Å². The molecule has 25 heavy (non-hydrogen) atoms. The van der Waals surface area contributed by atoms with Gasteiger partial charge in [-0.25, -0.2) is 4.98 Å². The van der Waals surface area contributed by atoms with Crippen LogP contribution in [0.25, 0.3) is 0 Å². The van der Waals surface area contributed by atoms with E-state index in [1.165, 1.54) is 27.8 Å². The first-order chi connectivity index (χ1) is 12.0. The topological polar surface area (TPSA) is 38.0 Å². The second-order valence-electron chi connectivity index (χ2n) is 6.91. The quantitative estimate of drug-likeness (QED) is 0.719. The number of imidazole rings is 1. The summed E-state index contributed by atoms with van der Waals surface area (Å²) in [5, 5.41) is 10.6. The van der Waals surface area contributed by atoms with Gasteiger partial charge in [0.15, 0.2) is 0 Å². The molecule has 1 unspecified atom stereocenters. The molecule has 0 saturated carbocycles. The highest BCUT2D eigenvalue weighted by Gasteiger charge is 2.13. The number of aromatic nitrogens is 2. The highest BCUT2D eigenvalue weighted by Crippen LogP contribution is 2.21. The van der Waals surface area contributed by atoms with E-state index in [2.05, 4.69) is 68.2 Å². The van der Waals surface area contributed by atoms with Gasteiger partial charge in [0.2, 0.25) is 0 Å². The van der Waals surface area contributed by atoms with Crippen LogP contribution < -0.4 is 0 Å². The van der Waals surface area contributed by atoms with Gasteiger partial charge in [-0.1, -0.05) is 48.0 Å². The maximum absolute atomic E-state index is 10.6. The Hall–Kier alpha value is -2.39. The van der Waals surface area contributed by atoms with Gasteiger partial charge in [0.1, 0.15) is 0 Å². The lowest BCUT2D eigenvalue weighted by atomic mass is 10.0. The van der Waals surface area contributed by atoms with Crippen LogP contribution in [0.5, 0.6) is 0 Å². The molecule has 2 aromatic carbocycles. The Bertz CT molecular complexity index is 833. The van der Waals surface area contributed by atoms with Crippen molar-refractivity contribution >= 4 is 0 Å². The minimum absolute atomic E-state index is 0.505. The molecular weight excluding hydrogens is 308 g/mol. The van der Waals surface area contributed by atoms with Crippen molar-refractivity contribution in [1.82, 2.24) is 9.55 Å². The second kappa shape index (κ2) is 7.66. The van der Waals surface area contributed by atoms with E-state index >= 15 is 0 Å². The number of aryl methyl sites for hydroxylation is 4. The Labute approximate surface area is 150 Å². The van der Waals surface area contributed by atoms with Crippen molar-refractivity contribution in [3.05, 3.63) is 88.5 Å². The summed E-state index contributed by atoms with van der Waals surface area (Å²) in [6, 6.07) is 15.0. The third-order valence-corrected chi connectivity index (χ3v) is 4.84. The smallest absolute Gasteiger partial charge is 0.0959 e. The molecule has 0 aliphatic rings. The van der Waals surface area contributed by atoms with Crippen LogP contribution in [-0.2, 0) is 13.0 Å². The summed E-state index contributed by atoms with van der Waals surface area (Å²) in [6.45, 7) is 7.07. The number of benzene rings is 2. The summed E-state index contributed by atoms with van der Waals surface area (Å²) >= 11 is 0. The lowest BCUT2D eigenvalue weighted by molar-refractivity contribution is 0.159. The van der Waals surface area contributed by atoms with E-state index in [4.69, 9.17) is 0 Å². The first-order valence-corrected chi connectivity index (χ1v) is 8.82. The zero-order valence-corrected chi connectivity index (χ0v) is 15.2. The number of aliphatic hydroxyl groups is 1. The van der Waals surface area contributed by atoms with Gasteiger partial charge >= 0.3 is 0 Å². The molecule has 3 heteroatoms. The van der Waals surface area contributed by atoms with Crippen molar-refractivity contribution < 1.29 is 5.11 Å². The molecule has 1 N–H and O–H groups in total. The van der Waals surface area contributed by atoms with Crippen LogP contribution in [0.2, 0.25) is 0 Å². The Morgan fingerprint density at radius 1 is 0.960 bits per heavy atom. The van der Waals surface area contributed by atoms with Crippen molar-refractivity contribution in [1.29, 1.82) is 0 Å². The number of aliphatic hydroxyl groups excluding tert-OH is 1. The van der Waals surface area contributed by atoms with Crippen molar-refractivity contribution in [2.45, 2.75) is 46.3 Å². The molecule has 0 amide bonds. The molecule has 3 aromatic rings. The van der Waals surface area contributed by atoms with E-state index < -0.39 is 6.10 Å². The standard InChI is InChI=1S/C22H26N2O/c1-16-4-7-20(8-5-16)14-24-15-23-13-21(24)22(25)11-10-19-9-6-17(2)18(3)12-19/h4-9,12-13,15,22,25H,10-11,14H2,1-3H3. The van der Waals surface area contributed by atoms with Gasteiger partial charge in [-0.2, -0.15) is 0 Å². The first-order valence-electron chi connectivity index (χ1n) is 8.82. The third-order valence-electron chi connectivity index (χ3n) is 4.84. The van der Waals surface area contributed by atoms with Crippen LogP contribution in [0.15, 0.2) is 55.0 Å². The average Bonchev–Trinajstić information content (AvgIpc) is 3.06. The fraction of sp³-hybridized carbons (Fsp3) is 0.318. The van der Waals surface area contributed by atoms with Gasteiger partial charge < -0.3 is 9.67 Å². The van der Waals surface area contributed by atoms with Gasteiger partial charge in [-0.3, -0.25) is 0 Å². The van der Waals surface area contributed by atoms with Crippen molar-refractivity contribution in [3.8, 4) is 0 Å². The highest BCUT2D eigenvalue weighted by molar-refractivity contribution is 5.30. The van der Waals surface area contributed by atoms with Crippen molar-refractivity contribution in [2.75, 3.05) is 0 Å². The van der Waals surface area contributed by atoms with Gasteiger partial charge in [-0.15, -0.1) is 0 Å². The molecule has 0 saturated heterocycles. The van der Waals surface area contributed by atoms with E-state index in [9.17, 15) is 5.11 Å². The molecule has 3 nitrogen and oxygen atoms in total. The Morgan fingerprint density at radius 2 is 1.68 bits per heavy atom. The molecule has 130 valence electrons. The predicted molar refractivity (Wildman–Crippen MR) is 102 cm³/mol. The summed E-state index contributed by atoms with van der Waals surface area (Å²) in [4.78, 5) is 4.24. The Kier molecular flexibility index (Phi) is 5.34. The average molecular weight is 334 g/mol. The SMILES string of the molecule is Cc1ccc(Cn2cncc2C(O)CCc2ccc(C)c(C)c2)cc1. The fourth-order valence-electron chi connectivity index (χ4n) is 3.04. The summed E-state index contributed by atoms with van der Waals surface area (Å²) in [5.41, 5.74) is 7.22. The molecule has 0 aliphatic heterocycles. The van der Waals surface area contributed by atoms with Gasteiger partial charge in [-0.05, 0) is 55.9 Å². The van der Waals surface area contributed by atoms with Crippen molar-refractivity contribution in [2.24, 2.45) is 0 Å². The zero-order chi connectivity index (χ0) is 17.8. The maximum atomic E-state index is 10.6. The molecule has 1 heterocycles. The van der Waals surface area contributed by atoms with E-state index in [0.717, 1.165) is 18.7 Å². The van der Waals surface area contributed by atoms with Crippen LogP contribution in [0.1, 0.15) is 46.0 Å². The summed E-state index contributed by atoms with van der Waals surface area (Å²) in [5.74, 6) is 0. The molecular formula is C22H26N2O. The van der Waals surface area contributed by atoms with Crippen LogP contribution in [0, 0.1) is 20.8 Å². The molecule has 1 aromatic heterocycles. The lowest BCUT2D eigenvalue weighted by Crippen LogP contribution is -2.09. The minimum Gasteiger partial charge on any atom is -0.387 e. The summed E-state index contributed by atoms with van der Waals surface area (Å²) in [7, 11) is 0. The molecule has 0 radical (unpaired) electrons. The largest absolute Gasteiger partial charge is 0.387 e. The van der Waals surface area contributed by atoms with E-state index in [1.807, 2.05) is 4.57 Å². The van der Waals surface area contributed by atoms with Gasteiger partial charge in [0, 0.05) is 6.54 Å². The van der Waals surface area contributed by atoms with E-state index in [0.29, 0.717) is 6.42 Å². The number of hydrogen-bond donors (Lipinski definition) is 1. The van der Waals surface area contributed by atoms with Crippen molar-refractivity contribution in [3.63, 3.8) is 0 Å². The van der Waals surface area contributed by atoms with E-state index in [1.54, 1.807) is 12.5 Å². The lowest BCUT2D eigenvalue weighted by Gasteiger charge is -2.14. The maximum Gasteiger partial charge on any atom is 0.0959 e. The van der Waals surface area contributed by atoms with E-state index in [-0.39, 0.29) is 0 Å². The van der Waals surface area contributed by atoms with Crippen LogP contribution in [0.4, 0.5) is 0 Å². The zero-order valence-electron chi connectivity index (χ0n) is 15.2. The summed E-state index contributed by atoms with van der Waals surface area (Å²) < 4.78 is 2.04. The predicted octanol–water partition coefficient (Wildman–Crippen LogP) is 4.52. The summed E-state index contributed by atoms with van der Waals surface area (Å²) in [6.07, 6.45) is 4.63. The number of nitrogens with zero attached hydrogens (tertiary/aromatic N) is 2. The number of hydrogen-bond acceptors (Lipinski definition) is 2. The monoisotopic (exact) mass is 334 g/mol. The third kappa shape index (κ3) is 4.37. The highest BCUT2D eigenvalue weighted by atomic mass is 16.3. The minimum atomic E-state index is -0.505. The molecule has 3 rings (SSSR count). The molecule has 0 bridgehead atoms. The van der Waals surface area contributed by atoms with Gasteiger partial charge in [0.25, 0.3) is 0 Å². The first kappa shape index (κ1) is 17.4. The fourth-order valence-corrected chi connectivity index (χ4v) is 3.04. The Balaban J connectivity index is 1.66. The Morgan fingerprint density at radius 3 is 2.40 bits per heavy atom. The number of rotatable bonds is 6.